The van der Waals surface area contributed by atoms with Gasteiger partial charge in [0.15, 0.2) is 0 Å². The summed E-state index contributed by atoms with van der Waals surface area (Å²) in [7, 11) is 0. The smallest absolute Gasteiger partial charge is 0.0641 e. The summed E-state index contributed by atoms with van der Waals surface area (Å²) in [5.74, 6) is 0. The van der Waals surface area contributed by atoms with Crippen LogP contribution in [0.2, 0.25) is 0 Å². The van der Waals surface area contributed by atoms with Gasteiger partial charge in [0.25, 0.3) is 0 Å². The summed E-state index contributed by atoms with van der Waals surface area (Å²) in [6.07, 6.45) is 2.34. The summed E-state index contributed by atoms with van der Waals surface area (Å²) in [6, 6.07) is 8.00. The molecule has 2 N–H and O–H groups in total. The lowest BCUT2D eigenvalue weighted by Crippen LogP contribution is -2.27. The minimum Gasteiger partial charge on any atom is -0.399 e. The molecule has 96 valence electrons. The average Bonchev–Trinajstić information content (AvgIpc) is 2.35. The zero-order chi connectivity index (χ0) is 12.5. The van der Waals surface area contributed by atoms with E-state index in [1.807, 2.05) is 12.1 Å². The molecule has 0 amide bonds. The fourth-order valence-electron chi connectivity index (χ4n) is 1.68. The van der Waals surface area contributed by atoms with Gasteiger partial charge in [-0.05, 0) is 37.6 Å². The van der Waals surface area contributed by atoms with Crippen LogP contribution in [-0.2, 0) is 4.74 Å². The molecule has 0 radical (unpaired) electrons. The highest BCUT2D eigenvalue weighted by Gasteiger charge is 2.03. The topological polar surface area (TPSA) is 38.5 Å². The van der Waals surface area contributed by atoms with Gasteiger partial charge in [-0.15, -0.1) is 0 Å². The van der Waals surface area contributed by atoms with Crippen molar-refractivity contribution < 1.29 is 4.74 Å². The predicted octanol–water partition coefficient (Wildman–Crippen LogP) is 2.91. The number of hydrogen-bond acceptors (Lipinski definition) is 3. The molecule has 0 bridgehead atoms. The van der Waals surface area contributed by atoms with E-state index in [0.29, 0.717) is 0 Å². The van der Waals surface area contributed by atoms with Gasteiger partial charge in [-0.2, -0.15) is 0 Å². The number of ether oxygens (including phenoxy) is 1. The minimum absolute atomic E-state index is 0.790. The Balaban J connectivity index is 2.35. The van der Waals surface area contributed by atoms with Crippen molar-refractivity contribution in [1.29, 1.82) is 0 Å². The van der Waals surface area contributed by atoms with Gasteiger partial charge in [-0.1, -0.05) is 13.3 Å². The molecular weight excluding hydrogens is 212 g/mol. The quantitative estimate of drug-likeness (QED) is 0.557. The lowest BCUT2D eigenvalue weighted by molar-refractivity contribution is 0.137. The molecule has 0 fully saturated rings. The number of nitrogens with two attached hydrogens (primary N) is 1. The highest BCUT2D eigenvalue weighted by molar-refractivity contribution is 5.52. The van der Waals surface area contributed by atoms with Gasteiger partial charge in [0.05, 0.1) is 6.61 Å². The number of anilines is 2. The molecule has 0 aliphatic heterocycles. The fraction of sp³-hybridized carbons (Fsp3) is 0.571. The Labute approximate surface area is 105 Å². The summed E-state index contributed by atoms with van der Waals surface area (Å²) in [5, 5.41) is 0. The first kappa shape index (κ1) is 13.8. The normalized spacial score (nSPS) is 10.5. The summed E-state index contributed by atoms with van der Waals surface area (Å²) in [6.45, 7) is 7.91. The van der Waals surface area contributed by atoms with Crippen LogP contribution in [0, 0.1) is 0 Å². The van der Waals surface area contributed by atoms with Crippen molar-refractivity contribution in [1.82, 2.24) is 0 Å². The van der Waals surface area contributed by atoms with E-state index in [-0.39, 0.29) is 0 Å². The van der Waals surface area contributed by atoms with Crippen molar-refractivity contribution >= 4 is 11.4 Å². The van der Waals surface area contributed by atoms with Crippen LogP contribution in [0.1, 0.15) is 26.7 Å². The van der Waals surface area contributed by atoms with Crippen molar-refractivity contribution in [2.24, 2.45) is 0 Å². The van der Waals surface area contributed by atoms with Gasteiger partial charge in [0, 0.05) is 31.1 Å². The molecule has 0 saturated carbocycles. The Morgan fingerprint density at radius 2 is 1.82 bits per heavy atom. The zero-order valence-corrected chi connectivity index (χ0v) is 11.0. The molecular formula is C14H24N2O. The molecule has 17 heavy (non-hydrogen) atoms. The first-order chi connectivity index (χ1) is 8.27. The molecule has 0 heterocycles. The average molecular weight is 236 g/mol. The van der Waals surface area contributed by atoms with Crippen molar-refractivity contribution in [2.75, 3.05) is 36.9 Å². The predicted molar refractivity (Wildman–Crippen MR) is 74.5 cm³/mol. The highest BCUT2D eigenvalue weighted by Crippen LogP contribution is 2.15. The fourth-order valence-corrected chi connectivity index (χ4v) is 1.68. The second-order valence-electron chi connectivity index (χ2n) is 4.14. The summed E-state index contributed by atoms with van der Waals surface area (Å²) >= 11 is 0. The lowest BCUT2D eigenvalue weighted by Gasteiger charge is -2.23. The van der Waals surface area contributed by atoms with Gasteiger partial charge in [0.1, 0.15) is 0 Å². The van der Waals surface area contributed by atoms with E-state index in [1.54, 1.807) is 0 Å². The molecule has 1 rings (SSSR count). The monoisotopic (exact) mass is 236 g/mol. The number of rotatable bonds is 8. The van der Waals surface area contributed by atoms with Gasteiger partial charge < -0.3 is 15.4 Å². The third-order valence-electron chi connectivity index (χ3n) is 2.79. The Hall–Kier alpha value is -1.22. The van der Waals surface area contributed by atoms with E-state index in [2.05, 4.69) is 30.9 Å². The van der Waals surface area contributed by atoms with E-state index in [4.69, 9.17) is 10.5 Å². The van der Waals surface area contributed by atoms with E-state index in [1.165, 1.54) is 12.1 Å². The van der Waals surface area contributed by atoms with Gasteiger partial charge in [0.2, 0.25) is 0 Å². The van der Waals surface area contributed by atoms with Gasteiger partial charge >= 0.3 is 0 Å². The molecule has 3 heteroatoms. The number of nitrogens with zero attached hydrogens (tertiary/aromatic N) is 1. The van der Waals surface area contributed by atoms with Crippen LogP contribution in [-0.4, -0.2) is 26.3 Å². The maximum Gasteiger partial charge on any atom is 0.0641 e. The van der Waals surface area contributed by atoms with Crippen LogP contribution in [0.5, 0.6) is 0 Å². The number of nitrogen functional groups attached to an aromatic ring is 1. The Bertz CT molecular complexity index is 298. The molecule has 0 aromatic heterocycles. The van der Waals surface area contributed by atoms with Gasteiger partial charge in [-0.3, -0.25) is 0 Å². The molecule has 0 spiro atoms. The SMILES string of the molecule is CCCCOCCN(CC)c1ccc(N)cc1. The molecule has 0 aliphatic rings. The highest BCUT2D eigenvalue weighted by atomic mass is 16.5. The summed E-state index contributed by atoms with van der Waals surface area (Å²) in [4.78, 5) is 2.30. The molecule has 0 aliphatic carbocycles. The van der Waals surface area contributed by atoms with Crippen LogP contribution >= 0.6 is 0 Å². The van der Waals surface area contributed by atoms with E-state index in [9.17, 15) is 0 Å². The van der Waals surface area contributed by atoms with E-state index in [0.717, 1.165) is 38.4 Å². The van der Waals surface area contributed by atoms with Crippen LogP contribution in [0.3, 0.4) is 0 Å². The minimum atomic E-state index is 0.790. The lowest BCUT2D eigenvalue weighted by atomic mass is 10.2. The van der Waals surface area contributed by atoms with Gasteiger partial charge in [-0.25, -0.2) is 0 Å². The van der Waals surface area contributed by atoms with E-state index < -0.39 is 0 Å². The van der Waals surface area contributed by atoms with Crippen molar-refractivity contribution in [3.05, 3.63) is 24.3 Å². The number of unbranched alkanes of at least 4 members (excludes halogenated alkanes) is 1. The molecule has 0 saturated heterocycles. The third kappa shape index (κ3) is 5.09. The largest absolute Gasteiger partial charge is 0.399 e. The van der Waals surface area contributed by atoms with Crippen LogP contribution in [0.15, 0.2) is 24.3 Å². The van der Waals surface area contributed by atoms with Crippen molar-refractivity contribution in [3.63, 3.8) is 0 Å². The van der Waals surface area contributed by atoms with Crippen LogP contribution < -0.4 is 10.6 Å². The summed E-state index contributed by atoms with van der Waals surface area (Å²) in [5.41, 5.74) is 7.70. The molecule has 0 unspecified atom stereocenters. The van der Waals surface area contributed by atoms with Crippen LogP contribution in [0.4, 0.5) is 11.4 Å². The zero-order valence-electron chi connectivity index (χ0n) is 11.0. The van der Waals surface area contributed by atoms with Crippen molar-refractivity contribution in [2.45, 2.75) is 26.7 Å². The van der Waals surface area contributed by atoms with Crippen LogP contribution in [0.25, 0.3) is 0 Å². The molecule has 0 atom stereocenters. The standard InChI is InChI=1S/C14H24N2O/c1-3-5-11-17-12-10-16(4-2)14-8-6-13(15)7-9-14/h6-9H,3-5,10-12,15H2,1-2H3. The van der Waals surface area contributed by atoms with E-state index >= 15 is 0 Å². The Morgan fingerprint density at radius 1 is 1.12 bits per heavy atom. The molecule has 3 nitrogen and oxygen atoms in total. The first-order valence-electron chi connectivity index (χ1n) is 6.46. The van der Waals surface area contributed by atoms with Crippen molar-refractivity contribution in [3.8, 4) is 0 Å². The number of likely N-dealkylation sites (N-methyl/N-ethyl adjacent to an activating group) is 1. The molecule has 1 aromatic carbocycles. The maximum atomic E-state index is 5.68. The summed E-state index contributed by atoms with van der Waals surface area (Å²) < 4.78 is 5.59. The number of hydrogen-bond donors (Lipinski definition) is 1. The second kappa shape index (κ2) is 7.96. The Morgan fingerprint density at radius 3 is 2.41 bits per heavy atom. The Kier molecular flexibility index (Phi) is 6.48. The molecule has 1 aromatic rings. The first-order valence-corrected chi connectivity index (χ1v) is 6.46. The number of benzene rings is 1. The maximum absolute atomic E-state index is 5.68. The second-order valence-corrected chi connectivity index (χ2v) is 4.14. The third-order valence-corrected chi connectivity index (χ3v) is 2.79.